The molecule has 46 valence electrons. The van der Waals surface area contributed by atoms with Crippen molar-refractivity contribution in [2.45, 2.75) is 6.92 Å². The van der Waals surface area contributed by atoms with Gasteiger partial charge in [0.1, 0.15) is 0 Å². The van der Waals surface area contributed by atoms with Crippen molar-refractivity contribution in [3.63, 3.8) is 0 Å². The predicted molar refractivity (Wildman–Crippen MR) is 36.9 cm³/mol. The van der Waals surface area contributed by atoms with E-state index in [0.717, 1.165) is 5.69 Å². The molecule has 1 aromatic heterocycles. The summed E-state index contributed by atoms with van der Waals surface area (Å²) in [5.41, 5.74) is 3.73. The van der Waals surface area contributed by atoms with Crippen LogP contribution in [0.1, 0.15) is 5.69 Å². The summed E-state index contributed by atoms with van der Waals surface area (Å²) in [4.78, 5) is 0. The van der Waals surface area contributed by atoms with Crippen LogP contribution in [0.5, 0.6) is 0 Å². The van der Waals surface area contributed by atoms with Gasteiger partial charge in [0.05, 0.1) is 6.20 Å². The first-order valence-electron chi connectivity index (χ1n) is 2.70. The smallest absolute Gasteiger partial charge is 0.0699 e. The fraction of sp³-hybridized carbons (Fsp3) is 0.143. The lowest BCUT2D eigenvalue weighted by atomic mass is 10.5. The highest BCUT2D eigenvalue weighted by Gasteiger charge is 1.87. The quantitative estimate of drug-likeness (QED) is 0.513. The maximum atomic E-state index is 3.96. The molecule has 1 aromatic rings. The van der Waals surface area contributed by atoms with Gasteiger partial charge in [0, 0.05) is 11.9 Å². The molecule has 0 N–H and O–H groups in total. The van der Waals surface area contributed by atoms with Gasteiger partial charge in [-0.3, -0.25) is 0 Å². The van der Waals surface area contributed by atoms with Gasteiger partial charge in [0.25, 0.3) is 0 Å². The molecule has 0 aliphatic rings. The van der Waals surface area contributed by atoms with Crippen molar-refractivity contribution in [2.75, 3.05) is 0 Å². The second-order valence-corrected chi connectivity index (χ2v) is 1.75. The fourth-order valence-corrected chi connectivity index (χ4v) is 0.602. The molecule has 0 unspecified atom stereocenters. The Morgan fingerprint density at radius 3 is 3.11 bits per heavy atom. The summed E-state index contributed by atoms with van der Waals surface area (Å²) in [5, 5.41) is 3.96. The first kappa shape index (κ1) is 5.86. The van der Waals surface area contributed by atoms with Gasteiger partial charge < -0.3 is 0 Å². The highest BCUT2D eigenvalue weighted by atomic mass is 15.3. The van der Waals surface area contributed by atoms with Crippen molar-refractivity contribution < 1.29 is 0 Å². The molecular weight excluding hydrogens is 112 g/mol. The maximum absolute atomic E-state index is 3.96. The van der Waals surface area contributed by atoms with Crippen LogP contribution in [0.4, 0.5) is 0 Å². The summed E-state index contributed by atoms with van der Waals surface area (Å²) in [6, 6.07) is 1.92. The lowest BCUT2D eigenvalue weighted by Crippen LogP contribution is -1.88. The van der Waals surface area contributed by atoms with E-state index in [9.17, 15) is 0 Å². The molecule has 0 aromatic carbocycles. The summed E-state index contributed by atoms with van der Waals surface area (Å²) in [5.74, 6) is 0. The number of aromatic nitrogens is 2. The molecule has 0 atom stereocenters. The van der Waals surface area contributed by atoms with Crippen LogP contribution in [0.2, 0.25) is 0 Å². The third-order valence-electron chi connectivity index (χ3n) is 1.08. The van der Waals surface area contributed by atoms with Crippen molar-refractivity contribution in [3.8, 4) is 0 Å². The minimum atomic E-state index is 1.09. The molecule has 0 saturated heterocycles. The van der Waals surface area contributed by atoms with Gasteiger partial charge in [0.15, 0.2) is 0 Å². The second-order valence-electron chi connectivity index (χ2n) is 1.75. The van der Waals surface area contributed by atoms with Gasteiger partial charge in [-0.05, 0) is 13.0 Å². The Bertz CT molecular complexity index is 241. The van der Waals surface area contributed by atoms with Crippen molar-refractivity contribution in [2.24, 2.45) is 0 Å². The summed E-state index contributed by atoms with van der Waals surface area (Å²) in [6.07, 6.45) is 3.43. The number of nitrogens with zero attached hydrogens (tertiary/aromatic N) is 2. The molecule has 1 heterocycles. The van der Waals surface area contributed by atoms with Crippen LogP contribution in [0.25, 0.3) is 6.20 Å². The van der Waals surface area contributed by atoms with E-state index >= 15 is 0 Å². The first-order valence-corrected chi connectivity index (χ1v) is 2.70. The average molecular weight is 120 g/mol. The molecule has 0 aliphatic heterocycles. The van der Waals surface area contributed by atoms with Crippen molar-refractivity contribution >= 4 is 6.20 Å². The molecule has 1 rings (SSSR count). The van der Waals surface area contributed by atoms with E-state index in [0.29, 0.717) is 0 Å². The summed E-state index contributed by atoms with van der Waals surface area (Å²) in [6.45, 7) is 5.41. The minimum Gasteiger partial charge on any atom is -0.238 e. The van der Waals surface area contributed by atoms with Crippen molar-refractivity contribution in [1.29, 1.82) is 0 Å². The Kier molecular flexibility index (Phi) is 1.52. The lowest BCUT2D eigenvalue weighted by molar-refractivity contribution is 0.898. The SMILES string of the molecule is C=C=Cn1nccc1C. The normalized spacial score (nSPS) is 8.56. The predicted octanol–water partition coefficient (Wildman–Crippen LogP) is 1.45. The summed E-state index contributed by atoms with van der Waals surface area (Å²) < 4.78 is 1.72. The number of aryl methyl sites for hydroxylation is 1. The molecule has 2 heteroatoms. The van der Waals surface area contributed by atoms with Crippen LogP contribution in [-0.2, 0) is 0 Å². The Morgan fingerprint density at radius 2 is 2.67 bits per heavy atom. The largest absolute Gasteiger partial charge is 0.238 e. The van der Waals surface area contributed by atoms with Crippen LogP contribution >= 0.6 is 0 Å². The monoisotopic (exact) mass is 120 g/mol. The van der Waals surface area contributed by atoms with Crippen molar-refractivity contribution in [3.05, 3.63) is 30.3 Å². The Morgan fingerprint density at radius 1 is 1.89 bits per heavy atom. The minimum absolute atomic E-state index is 1.09. The van der Waals surface area contributed by atoms with Crippen molar-refractivity contribution in [1.82, 2.24) is 9.78 Å². The second kappa shape index (κ2) is 2.33. The lowest BCUT2D eigenvalue weighted by Gasteiger charge is -1.89. The Balaban J connectivity index is 3.07. The molecule has 0 fully saturated rings. The van der Waals surface area contributed by atoms with E-state index in [-0.39, 0.29) is 0 Å². The third-order valence-corrected chi connectivity index (χ3v) is 1.08. The van der Waals surface area contributed by atoms with Crippen LogP contribution in [0, 0.1) is 6.92 Å². The number of rotatable bonds is 1. The number of hydrogen-bond acceptors (Lipinski definition) is 1. The van der Waals surface area contributed by atoms with E-state index in [1.807, 2.05) is 13.0 Å². The zero-order chi connectivity index (χ0) is 6.69. The zero-order valence-corrected chi connectivity index (χ0v) is 5.33. The van der Waals surface area contributed by atoms with E-state index in [2.05, 4.69) is 17.4 Å². The fourth-order valence-electron chi connectivity index (χ4n) is 0.602. The van der Waals surface area contributed by atoms with Crippen LogP contribution in [0.15, 0.2) is 24.6 Å². The third kappa shape index (κ3) is 1.09. The van der Waals surface area contributed by atoms with Gasteiger partial charge in [-0.1, -0.05) is 6.58 Å². The van der Waals surface area contributed by atoms with Gasteiger partial charge in [-0.15, -0.1) is 5.73 Å². The van der Waals surface area contributed by atoms with Crippen LogP contribution in [0.3, 0.4) is 0 Å². The standard InChI is InChI=1S/C7H8N2/c1-3-6-9-7(2)4-5-8-9/h4-6H,1H2,2H3. The summed E-state index contributed by atoms with van der Waals surface area (Å²) in [7, 11) is 0. The first-order chi connectivity index (χ1) is 4.34. The average Bonchev–Trinajstić information content (AvgIpc) is 2.18. The van der Waals surface area contributed by atoms with E-state index in [1.165, 1.54) is 0 Å². The van der Waals surface area contributed by atoms with Crippen LogP contribution in [-0.4, -0.2) is 9.78 Å². The van der Waals surface area contributed by atoms with Crippen LogP contribution < -0.4 is 0 Å². The highest BCUT2D eigenvalue weighted by molar-refractivity contribution is 5.21. The molecular formula is C7H8N2. The van der Waals surface area contributed by atoms with Gasteiger partial charge in [-0.25, -0.2) is 4.68 Å². The Hall–Kier alpha value is -1.27. The highest BCUT2D eigenvalue weighted by Crippen LogP contribution is 1.93. The number of hydrogen-bond donors (Lipinski definition) is 0. The topological polar surface area (TPSA) is 17.8 Å². The molecule has 0 bridgehead atoms. The van der Waals surface area contributed by atoms with E-state index in [1.54, 1.807) is 17.1 Å². The van der Waals surface area contributed by atoms with E-state index < -0.39 is 0 Å². The maximum Gasteiger partial charge on any atom is 0.0699 e. The Labute approximate surface area is 54.1 Å². The molecule has 0 radical (unpaired) electrons. The molecule has 9 heavy (non-hydrogen) atoms. The molecule has 0 saturated carbocycles. The van der Waals surface area contributed by atoms with E-state index in [4.69, 9.17) is 0 Å². The summed E-state index contributed by atoms with van der Waals surface area (Å²) >= 11 is 0. The molecule has 0 spiro atoms. The molecule has 2 nitrogen and oxygen atoms in total. The molecule has 0 amide bonds. The zero-order valence-electron chi connectivity index (χ0n) is 5.33. The van der Waals surface area contributed by atoms with Gasteiger partial charge in [0.2, 0.25) is 0 Å². The molecule has 0 aliphatic carbocycles. The van der Waals surface area contributed by atoms with Gasteiger partial charge >= 0.3 is 0 Å². The van der Waals surface area contributed by atoms with Gasteiger partial charge in [-0.2, -0.15) is 5.10 Å².